The topological polar surface area (TPSA) is 76.4 Å². The van der Waals surface area contributed by atoms with E-state index in [9.17, 15) is 9.90 Å². The number of nitrogens with zero attached hydrogens (tertiary/aromatic N) is 2. The summed E-state index contributed by atoms with van der Waals surface area (Å²) < 4.78 is 7.10. The van der Waals surface area contributed by atoms with Crippen molar-refractivity contribution in [2.75, 3.05) is 12.4 Å². The molecular weight excluding hydrogens is 378 g/mol. The number of ether oxygens (including phenoxy) is 1. The van der Waals surface area contributed by atoms with Crippen LogP contribution in [0.5, 0.6) is 5.75 Å². The van der Waals surface area contributed by atoms with Crippen LogP contribution in [0, 0.1) is 13.8 Å². The third-order valence-corrected chi connectivity index (χ3v) is 5.81. The first-order chi connectivity index (χ1) is 14.5. The van der Waals surface area contributed by atoms with Crippen molar-refractivity contribution in [2.24, 2.45) is 0 Å². The molecule has 6 nitrogen and oxygen atoms in total. The third kappa shape index (κ3) is 3.90. The number of rotatable bonds is 6. The van der Waals surface area contributed by atoms with Gasteiger partial charge in [0.2, 0.25) is 0 Å². The highest BCUT2D eigenvalue weighted by atomic mass is 16.5. The molecule has 0 spiro atoms. The van der Waals surface area contributed by atoms with E-state index in [1.165, 1.54) is 26.0 Å². The van der Waals surface area contributed by atoms with Crippen molar-refractivity contribution in [1.29, 1.82) is 0 Å². The number of anilines is 2. The average Bonchev–Trinajstić information content (AvgIpc) is 3.40. The molecule has 1 heterocycles. The number of nitrogens with one attached hydrogen (secondary N) is 1. The predicted octanol–water partition coefficient (Wildman–Crippen LogP) is 5.60. The second kappa shape index (κ2) is 8.22. The molecule has 2 aromatic carbocycles. The summed E-state index contributed by atoms with van der Waals surface area (Å²) in [5.74, 6) is 0.711. The molecule has 2 N–H and O–H groups in total. The van der Waals surface area contributed by atoms with Crippen LogP contribution in [0.4, 0.5) is 11.5 Å². The molecule has 0 unspecified atom stereocenters. The monoisotopic (exact) mass is 405 g/mol. The molecule has 1 aliphatic carbocycles. The molecule has 0 bridgehead atoms. The Morgan fingerprint density at radius 3 is 2.60 bits per heavy atom. The lowest BCUT2D eigenvalue weighted by molar-refractivity contribution is 0.0697. The maximum absolute atomic E-state index is 11.8. The van der Waals surface area contributed by atoms with Gasteiger partial charge >= 0.3 is 5.97 Å². The zero-order valence-electron chi connectivity index (χ0n) is 17.6. The van der Waals surface area contributed by atoms with Crippen LogP contribution in [0.1, 0.15) is 58.8 Å². The number of benzene rings is 2. The molecule has 1 aliphatic rings. The lowest BCUT2D eigenvalue weighted by Crippen LogP contribution is -2.08. The van der Waals surface area contributed by atoms with Gasteiger partial charge in [-0.05, 0) is 62.1 Å². The van der Waals surface area contributed by atoms with Crippen molar-refractivity contribution >= 4 is 17.5 Å². The Morgan fingerprint density at radius 1 is 1.13 bits per heavy atom. The van der Waals surface area contributed by atoms with Gasteiger partial charge < -0.3 is 15.2 Å². The summed E-state index contributed by atoms with van der Waals surface area (Å²) >= 11 is 0. The van der Waals surface area contributed by atoms with Crippen molar-refractivity contribution in [1.82, 2.24) is 9.78 Å². The maximum atomic E-state index is 11.8. The number of hydrogen-bond donors (Lipinski definition) is 2. The van der Waals surface area contributed by atoms with E-state index in [2.05, 4.69) is 43.4 Å². The number of carboxylic acid groups (broad SMARTS) is 1. The minimum atomic E-state index is -1.01. The summed E-state index contributed by atoms with van der Waals surface area (Å²) in [4.78, 5) is 11.8. The SMILES string of the molecule is COc1ccc(Nc2cc(C3CCCC3)nn2-c2cc(C)ccc2C)c(C(=O)O)c1. The first-order valence-electron chi connectivity index (χ1n) is 10.3. The first kappa shape index (κ1) is 20.0. The maximum Gasteiger partial charge on any atom is 0.337 e. The molecule has 30 heavy (non-hydrogen) atoms. The molecule has 4 rings (SSSR count). The van der Waals surface area contributed by atoms with Gasteiger partial charge in [0.05, 0.1) is 29.7 Å². The second-order valence-corrected chi connectivity index (χ2v) is 7.98. The van der Waals surface area contributed by atoms with Crippen molar-refractivity contribution in [3.63, 3.8) is 0 Å². The minimum absolute atomic E-state index is 0.158. The fourth-order valence-electron chi connectivity index (χ4n) is 4.12. The average molecular weight is 405 g/mol. The Balaban J connectivity index is 1.81. The van der Waals surface area contributed by atoms with Crippen LogP contribution in [0.2, 0.25) is 0 Å². The van der Waals surface area contributed by atoms with E-state index in [0.29, 0.717) is 17.4 Å². The summed E-state index contributed by atoms with van der Waals surface area (Å²) in [6, 6.07) is 13.4. The van der Waals surface area contributed by atoms with Gasteiger partial charge in [0.25, 0.3) is 0 Å². The van der Waals surface area contributed by atoms with Gasteiger partial charge in [0, 0.05) is 12.0 Å². The van der Waals surface area contributed by atoms with Crippen molar-refractivity contribution in [3.8, 4) is 11.4 Å². The van der Waals surface area contributed by atoms with Gasteiger partial charge in [-0.3, -0.25) is 0 Å². The van der Waals surface area contributed by atoms with Crippen LogP contribution >= 0.6 is 0 Å². The van der Waals surface area contributed by atoms with E-state index < -0.39 is 5.97 Å². The zero-order valence-corrected chi connectivity index (χ0v) is 17.6. The molecule has 1 fully saturated rings. The fourth-order valence-corrected chi connectivity index (χ4v) is 4.12. The largest absolute Gasteiger partial charge is 0.497 e. The van der Waals surface area contributed by atoms with E-state index in [0.717, 1.165) is 41.2 Å². The van der Waals surface area contributed by atoms with Gasteiger partial charge in [-0.2, -0.15) is 5.10 Å². The highest BCUT2D eigenvalue weighted by Gasteiger charge is 2.23. The molecule has 0 radical (unpaired) electrons. The van der Waals surface area contributed by atoms with Gasteiger partial charge in [0.1, 0.15) is 11.6 Å². The van der Waals surface area contributed by atoms with E-state index in [1.54, 1.807) is 12.1 Å². The summed E-state index contributed by atoms with van der Waals surface area (Å²) in [7, 11) is 1.53. The Labute approximate surface area is 176 Å². The van der Waals surface area contributed by atoms with Crippen LogP contribution in [0.25, 0.3) is 5.69 Å². The molecule has 6 heteroatoms. The highest BCUT2D eigenvalue weighted by molar-refractivity contribution is 5.95. The Hall–Kier alpha value is -3.28. The van der Waals surface area contributed by atoms with Crippen molar-refractivity contribution in [2.45, 2.75) is 45.4 Å². The van der Waals surface area contributed by atoms with E-state index in [1.807, 2.05) is 4.68 Å². The lowest BCUT2D eigenvalue weighted by atomic mass is 10.0. The summed E-state index contributed by atoms with van der Waals surface area (Å²) in [6.45, 7) is 4.12. The highest BCUT2D eigenvalue weighted by Crippen LogP contribution is 2.36. The smallest absolute Gasteiger partial charge is 0.337 e. The number of hydrogen-bond acceptors (Lipinski definition) is 4. The molecular formula is C24H27N3O3. The van der Waals surface area contributed by atoms with Crippen LogP contribution in [-0.4, -0.2) is 28.0 Å². The molecule has 3 aromatic rings. The predicted molar refractivity (Wildman–Crippen MR) is 117 cm³/mol. The molecule has 0 aliphatic heterocycles. The Bertz CT molecular complexity index is 1080. The molecule has 0 atom stereocenters. The van der Waals surface area contributed by atoms with Crippen LogP contribution in [0.3, 0.4) is 0 Å². The lowest BCUT2D eigenvalue weighted by Gasteiger charge is -2.14. The molecule has 1 aromatic heterocycles. The van der Waals surface area contributed by atoms with Crippen LogP contribution < -0.4 is 10.1 Å². The molecule has 0 saturated heterocycles. The standard InChI is InChI=1S/C24H27N3O3/c1-15-8-9-16(2)22(12-15)27-23(14-21(26-27)17-6-4-5-7-17)25-20-11-10-18(30-3)13-19(20)24(28)29/h8-14,17,25H,4-7H2,1-3H3,(H,28,29). The molecule has 156 valence electrons. The Morgan fingerprint density at radius 2 is 1.90 bits per heavy atom. The molecule has 0 amide bonds. The van der Waals surface area contributed by atoms with E-state index >= 15 is 0 Å². The van der Waals surface area contributed by atoms with Gasteiger partial charge in [0.15, 0.2) is 0 Å². The second-order valence-electron chi connectivity index (χ2n) is 7.98. The number of methoxy groups -OCH3 is 1. The first-order valence-corrected chi connectivity index (χ1v) is 10.3. The number of carboxylic acids is 1. The molecule has 1 saturated carbocycles. The summed E-state index contributed by atoms with van der Waals surface area (Å²) in [6.07, 6.45) is 4.75. The van der Waals surface area contributed by atoms with Crippen molar-refractivity contribution < 1.29 is 14.6 Å². The van der Waals surface area contributed by atoms with Gasteiger partial charge in [-0.25, -0.2) is 9.48 Å². The number of aromatic carboxylic acids is 1. The summed E-state index contributed by atoms with van der Waals surface area (Å²) in [5.41, 5.74) is 4.97. The van der Waals surface area contributed by atoms with Gasteiger partial charge in [-0.1, -0.05) is 25.0 Å². The number of aromatic nitrogens is 2. The van der Waals surface area contributed by atoms with Crippen LogP contribution in [-0.2, 0) is 0 Å². The minimum Gasteiger partial charge on any atom is -0.497 e. The van der Waals surface area contributed by atoms with E-state index in [4.69, 9.17) is 9.84 Å². The van der Waals surface area contributed by atoms with E-state index in [-0.39, 0.29) is 5.56 Å². The third-order valence-electron chi connectivity index (χ3n) is 5.81. The van der Waals surface area contributed by atoms with Gasteiger partial charge in [-0.15, -0.1) is 0 Å². The quantitative estimate of drug-likeness (QED) is 0.558. The Kier molecular flexibility index (Phi) is 5.48. The zero-order chi connectivity index (χ0) is 21.3. The van der Waals surface area contributed by atoms with Crippen LogP contribution in [0.15, 0.2) is 42.5 Å². The number of carbonyl (C=O) groups is 1. The number of aryl methyl sites for hydroxylation is 2. The fraction of sp³-hybridized carbons (Fsp3) is 0.333. The summed E-state index contributed by atoms with van der Waals surface area (Å²) in [5, 5.41) is 18.0. The van der Waals surface area contributed by atoms with Crippen molar-refractivity contribution in [3.05, 3.63) is 64.8 Å². The normalized spacial score (nSPS) is 14.1.